The number of aromatic nitrogens is 4. The highest BCUT2D eigenvalue weighted by atomic mass is 16.2. The number of carbonyl (C=O) groups is 1. The molecule has 2 aliphatic rings. The molecule has 5 rings (SSSR count). The third-order valence-electron chi connectivity index (χ3n) is 6.96. The standard InChI is InChI=1S/C26H32N6O/c1-18-8-10-20(11-9-18)19(2)25(33)32-16-6-7-23(32)24-21(17-30(3)29-24)22-12-13-27-26(28-22)31-14-4-5-15-31/h8-13,17,19,23H,4-7,14-16H2,1-3H3/t19-,23-/m1/s1. The summed E-state index contributed by atoms with van der Waals surface area (Å²) < 4.78 is 1.84. The topological polar surface area (TPSA) is 67.2 Å². The van der Waals surface area contributed by atoms with E-state index in [-0.39, 0.29) is 17.9 Å². The molecule has 7 nitrogen and oxygen atoms in total. The average Bonchev–Trinajstić information content (AvgIpc) is 3.59. The predicted molar refractivity (Wildman–Crippen MR) is 129 cm³/mol. The average molecular weight is 445 g/mol. The van der Waals surface area contributed by atoms with Gasteiger partial charge in [-0.15, -0.1) is 0 Å². The molecule has 4 heterocycles. The molecule has 0 N–H and O–H groups in total. The van der Waals surface area contributed by atoms with E-state index in [1.165, 1.54) is 18.4 Å². The van der Waals surface area contributed by atoms with Crippen LogP contribution in [-0.4, -0.2) is 50.2 Å². The number of amides is 1. The van der Waals surface area contributed by atoms with Crippen LogP contribution < -0.4 is 4.90 Å². The summed E-state index contributed by atoms with van der Waals surface area (Å²) in [6.45, 7) is 6.85. The van der Waals surface area contributed by atoms with Gasteiger partial charge in [0.2, 0.25) is 11.9 Å². The molecule has 1 amide bonds. The van der Waals surface area contributed by atoms with E-state index in [4.69, 9.17) is 10.1 Å². The molecule has 33 heavy (non-hydrogen) atoms. The molecule has 0 bridgehead atoms. The Labute approximate surface area is 195 Å². The van der Waals surface area contributed by atoms with Gasteiger partial charge in [0.25, 0.3) is 0 Å². The van der Waals surface area contributed by atoms with E-state index in [1.54, 1.807) is 0 Å². The maximum atomic E-state index is 13.6. The molecule has 0 aliphatic carbocycles. The van der Waals surface area contributed by atoms with E-state index in [1.807, 2.05) is 42.0 Å². The van der Waals surface area contributed by atoms with Gasteiger partial charge in [0, 0.05) is 44.6 Å². The van der Waals surface area contributed by atoms with E-state index in [9.17, 15) is 4.79 Å². The SMILES string of the molecule is Cc1ccc([C@@H](C)C(=O)N2CCC[C@@H]2c2nn(C)cc2-c2ccnc(N3CCCC3)n2)cc1. The third kappa shape index (κ3) is 4.24. The predicted octanol–water partition coefficient (Wildman–Crippen LogP) is 4.25. The van der Waals surface area contributed by atoms with Crippen molar-refractivity contribution in [1.82, 2.24) is 24.6 Å². The largest absolute Gasteiger partial charge is 0.341 e. The molecule has 2 aliphatic heterocycles. The third-order valence-corrected chi connectivity index (χ3v) is 6.96. The smallest absolute Gasteiger partial charge is 0.230 e. The second-order valence-electron chi connectivity index (χ2n) is 9.36. The fraction of sp³-hybridized carbons (Fsp3) is 0.462. The van der Waals surface area contributed by atoms with Gasteiger partial charge in [-0.2, -0.15) is 5.10 Å². The van der Waals surface area contributed by atoms with Gasteiger partial charge in [-0.1, -0.05) is 29.8 Å². The minimum Gasteiger partial charge on any atom is -0.341 e. The summed E-state index contributed by atoms with van der Waals surface area (Å²) >= 11 is 0. The van der Waals surface area contributed by atoms with Gasteiger partial charge in [-0.3, -0.25) is 9.48 Å². The van der Waals surface area contributed by atoms with Gasteiger partial charge in [0.05, 0.1) is 23.3 Å². The van der Waals surface area contributed by atoms with Crippen LogP contribution >= 0.6 is 0 Å². The van der Waals surface area contributed by atoms with Gasteiger partial charge >= 0.3 is 0 Å². The van der Waals surface area contributed by atoms with Crippen LogP contribution in [0.25, 0.3) is 11.3 Å². The van der Waals surface area contributed by atoms with Crippen LogP contribution in [0.5, 0.6) is 0 Å². The summed E-state index contributed by atoms with van der Waals surface area (Å²) in [5.41, 5.74) is 5.07. The van der Waals surface area contributed by atoms with Crippen molar-refractivity contribution in [1.29, 1.82) is 0 Å². The molecule has 2 aromatic heterocycles. The summed E-state index contributed by atoms with van der Waals surface area (Å²) in [6, 6.07) is 10.2. The van der Waals surface area contributed by atoms with Crippen molar-refractivity contribution in [2.24, 2.45) is 7.05 Å². The first-order valence-electron chi connectivity index (χ1n) is 12.0. The summed E-state index contributed by atoms with van der Waals surface area (Å²) in [5, 5.41) is 4.82. The Morgan fingerprint density at radius 2 is 1.82 bits per heavy atom. The molecule has 2 saturated heterocycles. The van der Waals surface area contributed by atoms with Gasteiger partial charge in [-0.25, -0.2) is 9.97 Å². The van der Waals surface area contributed by atoms with E-state index in [0.717, 1.165) is 60.9 Å². The molecule has 2 fully saturated rings. The lowest BCUT2D eigenvalue weighted by Gasteiger charge is -2.27. The summed E-state index contributed by atoms with van der Waals surface area (Å²) in [7, 11) is 1.94. The second-order valence-corrected chi connectivity index (χ2v) is 9.36. The highest BCUT2D eigenvalue weighted by molar-refractivity contribution is 5.84. The molecule has 3 aromatic rings. The zero-order valence-electron chi connectivity index (χ0n) is 19.7. The number of anilines is 1. The van der Waals surface area contributed by atoms with Crippen molar-refractivity contribution in [3.05, 3.63) is 59.5 Å². The number of aryl methyl sites for hydroxylation is 2. The van der Waals surface area contributed by atoms with Crippen molar-refractivity contribution >= 4 is 11.9 Å². The summed E-state index contributed by atoms with van der Waals surface area (Å²) in [6.07, 6.45) is 8.13. The zero-order valence-corrected chi connectivity index (χ0v) is 19.7. The molecule has 0 unspecified atom stereocenters. The van der Waals surface area contributed by atoms with Crippen LogP contribution in [0.2, 0.25) is 0 Å². The van der Waals surface area contributed by atoms with Gasteiger partial charge < -0.3 is 9.80 Å². The quantitative estimate of drug-likeness (QED) is 0.588. The van der Waals surface area contributed by atoms with E-state index >= 15 is 0 Å². The normalized spacial score (nSPS) is 19.3. The van der Waals surface area contributed by atoms with Crippen LogP contribution in [0.3, 0.4) is 0 Å². The van der Waals surface area contributed by atoms with Crippen molar-refractivity contribution < 1.29 is 4.79 Å². The summed E-state index contributed by atoms with van der Waals surface area (Å²) in [5.74, 6) is 0.768. The second kappa shape index (κ2) is 8.96. The molecule has 172 valence electrons. The van der Waals surface area contributed by atoms with Crippen molar-refractivity contribution in [3.8, 4) is 11.3 Å². The van der Waals surface area contributed by atoms with Crippen molar-refractivity contribution in [2.45, 2.75) is 51.5 Å². The maximum absolute atomic E-state index is 13.6. The lowest BCUT2D eigenvalue weighted by molar-refractivity contribution is -0.133. The molecule has 0 radical (unpaired) electrons. The van der Waals surface area contributed by atoms with Crippen LogP contribution in [0, 0.1) is 6.92 Å². The monoisotopic (exact) mass is 444 g/mol. The Bertz CT molecular complexity index is 1130. The first kappa shape index (κ1) is 21.6. The fourth-order valence-corrected chi connectivity index (χ4v) is 5.08. The van der Waals surface area contributed by atoms with Crippen LogP contribution in [0.15, 0.2) is 42.7 Å². The maximum Gasteiger partial charge on any atom is 0.230 e. The van der Waals surface area contributed by atoms with Gasteiger partial charge in [-0.05, 0) is 51.2 Å². The molecular formula is C26H32N6O. The Morgan fingerprint density at radius 1 is 1.06 bits per heavy atom. The fourth-order valence-electron chi connectivity index (χ4n) is 5.08. The van der Waals surface area contributed by atoms with Crippen molar-refractivity contribution in [3.63, 3.8) is 0 Å². The van der Waals surface area contributed by atoms with Crippen LogP contribution in [0.1, 0.15) is 61.4 Å². The lowest BCUT2D eigenvalue weighted by atomic mass is 9.97. The highest BCUT2D eigenvalue weighted by Crippen LogP contribution is 2.38. The minimum atomic E-state index is -0.181. The van der Waals surface area contributed by atoms with E-state index in [2.05, 4.69) is 41.1 Å². The van der Waals surface area contributed by atoms with E-state index in [0.29, 0.717) is 0 Å². The lowest BCUT2D eigenvalue weighted by Crippen LogP contribution is -2.34. The zero-order chi connectivity index (χ0) is 22.9. The summed E-state index contributed by atoms with van der Waals surface area (Å²) in [4.78, 5) is 27.2. The number of carbonyl (C=O) groups excluding carboxylic acids is 1. The van der Waals surface area contributed by atoms with E-state index < -0.39 is 0 Å². The molecule has 2 atom stereocenters. The molecule has 0 spiro atoms. The Hall–Kier alpha value is -3.22. The minimum absolute atomic E-state index is 0.0354. The van der Waals surface area contributed by atoms with Crippen molar-refractivity contribution in [2.75, 3.05) is 24.5 Å². The number of nitrogens with zero attached hydrogens (tertiary/aromatic N) is 6. The van der Waals surface area contributed by atoms with Crippen LogP contribution in [0.4, 0.5) is 5.95 Å². The molecule has 1 aromatic carbocycles. The Balaban J connectivity index is 1.44. The number of hydrogen-bond acceptors (Lipinski definition) is 5. The van der Waals surface area contributed by atoms with Gasteiger partial charge in [0.15, 0.2) is 0 Å². The number of hydrogen-bond donors (Lipinski definition) is 0. The highest BCUT2D eigenvalue weighted by Gasteiger charge is 2.36. The first-order chi connectivity index (χ1) is 16.0. The number of likely N-dealkylation sites (tertiary alicyclic amines) is 1. The number of rotatable bonds is 5. The van der Waals surface area contributed by atoms with Gasteiger partial charge in [0.1, 0.15) is 0 Å². The molecule has 7 heteroatoms. The molecule has 0 saturated carbocycles. The molecular weight excluding hydrogens is 412 g/mol. The Morgan fingerprint density at radius 3 is 2.58 bits per heavy atom. The Kier molecular flexibility index (Phi) is 5.87. The number of benzene rings is 1. The van der Waals surface area contributed by atoms with Crippen LogP contribution in [-0.2, 0) is 11.8 Å². The first-order valence-corrected chi connectivity index (χ1v) is 12.0.